The first kappa shape index (κ1) is 15.0. The predicted octanol–water partition coefficient (Wildman–Crippen LogP) is 5.03. The second kappa shape index (κ2) is 6.06. The van der Waals surface area contributed by atoms with Gasteiger partial charge in [-0.05, 0) is 38.1 Å². The molecule has 0 saturated heterocycles. The highest BCUT2D eigenvalue weighted by Crippen LogP contribution is 2.31. The maximum Gasteiger partial charge on any atom is 0.293 e. The van der Waals surface area contributed by atoms with Crippen LogP contribution in [0.1, 0.15) is 21.2 Å². The van der Waals surface area contributed by atoms with Crippen LogP contribution < -0.4 is 5.32 Å². The van der Waals surface area contributed by atoms with Crippen LogP contribution >= 0.6 is 27.3 Å². The number of carbonyl (C=O) groups excluding carboxylic acids is 1. The summed E-state index contributed by atoms with van der Waals surface area (Å²) in [6, 6.07) is 11.3. The maximum atomic E-state index is 12.1. The molecule has 6 heteroatoms. The van der Waals surface area contributed by atoms with Gasteiger partial charge in [0.25, 0.3) is 5.91 Å². The Kier molecular flexibility index (Phi) is 4.13. The summed E-state index contributed by atoms with van der Waals surface area (Å²) < 4.78 is 6.33. The summed E-state index contributed by atoms with van der Waals surface area (Å²) in [5.74, 6) is 0.704. The van der Waals surface area contributed by atoms with E-state index in [9.17, 15) is 4.79 Å². The Hall–Kier alpha value is -1.92. The van der Waals surface area contributed by atoms with Crippen molar-refractivity contribution in [2.75, 3.05) is 5.32 Å². The van der Waals surface area contributed by atoms with Crippen LogP contribution in [0.3, 0.4) is 0 Å². The van der Waals surface area contributed by atoms with Crippen molar-refractivity contribution in [2.45, 2.75) is 13.8 Å². The molecule has 22 heavy (non-hydrogen) atoms. The molecule has 0 aliphatic carbocycles. The minimum Gasteiger partial charge on any atom is -0.456 e. The molecule has 1 N–H and O–H groups in total. The summed E-state index contributed by atoms with van der Waals surface area (Å²) in [5.41, 5.74) is 1.90. The minimum atomic E-state index is -0.288. The number of benzene rings is 1. The third kappa shape index (κ3) is 3.13. The van der Waals surface area contributed by atoms with Gasteiger partial charge >= 0.3 is 0 Å². The summed E-state index contributed by atoms with van der Waals surface area (Å²) >= 11 is 4.86. The van der Waals surface area contributed by atoms with E-state index in [0.717, 1.165) is 20.6 Å². The van der Waals surface area contributed by atoms with Gasteiger partial charge in [-0.1, -0.05) is 28.1 Å². The Labute approximate surface area is 140 Å². The number of rotatable bonds is 3. The molecule has 0 unspecified atom stereocenters. The second-order valence-corrected chi connectivity index (χ2v) is 6.91. The van der Waals surface area contributed by atoms with Gasteiger partial charge in [-0.25, -0.2) is 4.98 Å². The highest BCUT2D eigenvalue weighted by Gasteiger charge is 2.15. The van der Waals surface area contributed by atoms with Crippen molar-refractivity contribution in [3.05, 3.63) is 57.3 Å². The van der Waals surface area contributed by atoms with E-state index in [2.05, 4.69) is 26.2 Å². The van der Waals surface area contributed by atoms with E-state index in [4.69, 9.17) is 4.42 Å². The average Bonchev–Trinajstić information content (AvgIpc) is 3.06. The van der Waals surface area contributed by atoms with Crippen molar-refractivity contribution < 1.29 is 9.21 Å². The number of aromatic nitrogens is 1. The van der Waals surface area contributed by atoms with Crippen molar-refractivity contribution in [3.8, 4) is 11.3 Å². The van der Waals surface area contributed by atoms with E-state index in [1.807, 2.05) is 31.2 Å². The number of anilines is 1. The first-order chi connectivity index (χ1) is 10.5. The molecule has 1 aromatic carbocycles. The van der Waals surface area contributed by atoms with Gasteiger partial charge in [0.05, 0.1) is 5.69 Å². The van der Waals surface area contributed by atoms with Gasteiger partial charge in [0.2, 0.25) is 0 Å². The smallest absolute Gasteiger partial charge is 0.293 e. The molecule has 0 aliphatic rings. The van der Waals surface area contributed by atoms with Crippen molar-refractivity contribution in [2.24, 2.45) is 0 Å². The second-order valence-electron chi connectivity index (χ2n) is 4.80. The van der Waals surface area contributed by atoms with Crippen LogP contribution in [-0.2, 0) is 0 Å². The normalized spacial score (nSPS) is 10.7. The lowest BCUT2D eigenvalue weighted by atomic mass is 10.1. The molecule has 0 atom stereocenters. The summed E-state index contributed by atoms with van der Waals surface area (Å²) in [5, 5.41) is 3.34. The van der Waals surface area contributed by atoms with E-state index >= 15 is 0 Å². The van der Waals surface area contributed by atoms with E-state index in [1.54, 1.807) is 19.1 Å². The number of hydrogen-bond acceptors (Lipinski definition) is 4. The quantitative estimate of drug-likeness (QED) is 0.696. The van der Waals surface area contributed by atoms with Gasteiger partial charge in [0.1, 0.15) is 5.76 Å². The van der Waals surface area contributed by atoms with Crippen LogP contribution in [0, 0.1) is 13.8 Å². The van der Waals surface area contributed by atoms with E-state index in [0.29, 0.717) is 10.9 Å². The summed E-state index contributed by atoms with van der Waals surface area (Å²) in [7, 11) is 0. The Morgan fingerprint density at radius 3 is 2.55 bits per heavy atom. The van der Waals surface area contributed by atoms with E-state index in [1.165, 1.54) is 11.3 Å². The Bertz CT molecular complexity index is 821. The monoisotopic (exact) mass is 376 g/mol. The van der Waals surface area contributed by atoms with Crippen molar-refractivity contribution >= 4 is 38.3 Å². The zero-order valence-electron chi connectivity index (χ0n) is 12.0. The highest BCUT2D eigenvalue weighted by molar-refractivity contribution is 9.10. The van der Waals surface area contributed by atoms with E-state index in [-0.39, 0.29) is 11.7 Å². The van der Waals surface area contributed by atoms with Crippen molar-refractivity contribution in [1.29, 1.82) is 0 Å². The zero-order valence-corrected chi connectivity index (χ0v) is 14.4. The topological polar surface area (TPSA) is 55.1 Å². The molecule has 0 bridgehead atoms. The Balaban J connectivity index is 1.83. The first-order valence-corrected chi connectivity index (χ1v) is 8.25. The number of carbonyl (C=O) groups is 1. The van der Waals surface area contributed by atoms with Crippen LogP contribution in [0.4, 0.5) is 5.13 Å². The standard InChI is InChI=1S/C16H13BrN2O2S/c1-9-3-8-13(21-9)15(20)19-16-18-14(10(2)22-16)11-4-6-12(17)7-5-11/h3-8H,1-2H3,(H,18,19,20). The molecule has 1 amide bonds. The summed E-state index contributed by atoms with van der Waals surface area (Å²) in [6.07, 6.45) is 0. The third-order valence-electron chi connectivity index (χ3n) is 3.10. The minimum absolute atomic E-state index is 0.288. The number of hydrogen-bond donors (Lipinski definition) is 1. The molecule has 0 fully saturated rings. The number of halogens is 1. The molecule has 2 heterocycles. The lowest BCUT2D eigenvalue weighted by Crippen LogP contribution is -2.10. The molecule has 0 spiro atoms. The predicted molar refractivity (Wildman–Crippen MR) is 91.4 cm³/mol. The molecular weight excluding hydrogens is 364 g/mol. The van der Waals surface area contributed by atoms with Crippen LogP contribution in [0.5, 0.6) is 0 Å². The molecule has 0 aliphatic heterocycles. The van der Waals surface area contributed by atoms with Crippen molar-refractivity contribution in [1.82, 2.24) is 4.98 Å². The van der Waals surface area contributed by atoms with Crippen LogP contribution in [0.15, 0.2) is 45.3 Å². The number of furan rings is 1. The lowest BCUT2D eigenvalue weighted by molar-refractivity contribution is 0.0995. The SMILES string of the molecule is Cc1ccc(C(=O)Nc2nc(-c3ccc(Br)cc3)c(C)s2)o1. The number of amides is 1. The molecule has 0 saturated carbocycles. The molecule has 2 aromatic heterocycles. The number of aryl methyl sites for hydroxylation is 2. The third-order valence-corrected chi connectivity index (χ3v) is 4.51. The van der Waals surface area contributed by atoms with Gasteiger partial charge in [0, 0.05) is 14.9 Å². The van der Waals surface area contributed by atoms with Gasteiger partial charge < -0.3 is 4.42 Å². The van der Waals surface area contributed by atoms with Crippen LogP contribution in [-0.4, -0.2) is 10.9 Å². The molecule has 0 radical (unpaired) electrons. The number of nitrogens with one attached hydrogen (secondary N) is 1. The zero-order chi connectivity index (χ0) is 15.7. The lowest BCUT2D eigenvalue weighted by Gasteiger charge is -1.99. The Morgan fingerprint density at radius 1 is 1.18 bits per heavy atom. The number of thiazole rings is 1. The molecule has 112 valence electrons. The van der Waals surface area contributed by atoms with Crippen LogP contribution in [0.25, 0.3) is 11.3 Å². The molecule has 3 aromatic rings. The van der Waals surface area contributed by atoms with E-state index < -0.39 is 0 Å². The maximum absolute atomic E-state index is 12.1. The highest BCUT2D eigenvalue weighted by atomic mass is 79.9. The summed E-state index contributed by atoms with van der Waals surface area (Å²) in [4.78, 5) is 17.6. The molecular formula is C16H13BrN2O2S. The van der Waals surface area contributed by atoms with Gasteiger partial charge in [-0.15, -0.1) is 11.3 Å². The Morgan fingerprint density at radius 2 is 1.91 bits per heavy atom. The fourth-order valence-corrected chi connectivity index (χ4v) is 3.14. The summed E-state index contributed by atoms with van der Waals surface area (Å²) in [6.45, 7) is 3.79. The van der Waals surface area contributed by atoms with Gasteiger partial charge in [0.15, 0.2) is 10.9 Å². The largest absolute Gasteiger partial charge is 0.456 e. The molecule has 3 rings (SSSR count). The first-order valence-electron chi connectivity index (χ1n) is 6.64. The average molecular weight is 377 g/mol. The molecule has 4 nitrogen and oxygen atoms in total. The van der Waals surface area contributed by atoms with Crippen LogP contribution in [0.2, 0.25) is 0 Å². The fourth-order valence-electron chi connectivity index (χ4n) is 2.04. The van der Waals surface area contributed by atoms with Gasteiger partial charge in [-0.3, -0.25) is 10.1 Å². The van der Waals surface area contributed by atoms with Gasteiger partial charge in [-0.2, -0.15) is 0 Å². The number of nitrogens with zero attached hydrogens (tertiary/aromatic N) is 1. The fraction of sp³-hybridized carbons (Fsp3) is 0.125. The van der Waals surface area contributed by atoms with Crippen molar-refractivity contribution in [3.63, 3.8) is 0 Å².